The van der Waals surface area contributed by atoms with Crippen molar-refractivity contribution in [3.05, 3.63) is 18.0 Å². The van der Waals surface area contributed by atoms with Gasteiger partial charge in [0.25, 0.3) is 0 Å². The molecule has 1 saturated heterocycles. The molecule has 1 aliphatic rings. The molecule has 1 aliphatic heterocycles. The maximum absolute atomic E-state index is 11.6. The molecule has 0 bridgehead atoms. The number of likely N-dealkylation sites (tertiary alicyclic amines) is 1. The zero-order valence-electron chi connectivity index (χ0n) is 9.67. The molecule has 0 radical (unpaired) electrons. The molecule has 17 heavy (non-hydrogen) atoms. The summed E-state index contributed by atoms with van der Waals surface area (Å²) in [5, 5.41) is 13.1. The van der Waals surface area contributed by atoms with Gasteiger partial charge >= 0.3 is 5.97 Å². The lowest BCUT2D eigenvalue weighted by molar-refractivity contribution is -0.141. The first-order valence-electron chi connectivity index (χ1n) is 5.55. The highest BCUT2D eigenvalue weighted by Crippen LogP contribution is 2.18. The number of carboxylic acids is 1. The standard InChI is InChI=1S/C11H15N3O3/c1-13-4-2-9(12-13)3-5-14-7-8(11(16)17)6-10(14)15/h2,4,8H,3,5-7H2,1H3,(H,16,17). The van der Waals surface area contributed by atoms with Gasteiger partial charge in [0.2, 0.25) is 5.91 Å². The van der Waals surface area contributed by atoms with E-state index in [2.05, 4.69) is 5.10 Å². The Morgan fingerprint density at radius 1 is 1.65 bits per heavy atom. The lowest BCUT2D eigenvalue weighted by atomic mass is 10.1. The Hall–Kier alpha value is -1.85. The lowest BCUT2D eigenvalue weighted by Crippen LogP contribution is -2.28. The van der Waals surface area contributed by atoms with Crippen LogP contribution in [0.2, 0.25) is 0 Å². The van der Waals surface area contributed by atoms with Gasteiger partial charge in [-0.25, -0.2) is 0 Å². The summed E-state index contributed by atoms with van der Waals surface area (Å²) in [7, 11) is 1.84. The van der Waals surface area contributed by atoms with Crippen molar-refractivity contribution in [2.75, 3.05) is 13.1 Å². The van der Waals surface area contributed by atoms with Gasteiger partial charge in [-0.15, -0.1) is 0 Å². The normalized spacial score (nSPS) is 19.9. The van der Waals surface area contributed by atoms with Gasteiger partial charge in [-0.05, 0) is 6.07 Å². The number of carbonyl (C=O) groups is 2. The Balaban J connectivity index is 1.88. The third-order valence-corrected chi connectivity index (χ3v) is 2.97. The number of rotatable bonds is 4. The number of aliphatic carboxylic acids is 1. The highest BCUT2D eigenvalue weighted by Gasteiger charge is 2.33. The van der Waals surface area contributed by atoms with Crippen LogP contribution in [0.25, 0.3) is 0 Å². The quantitative estimate of drug-likeness (QED) is 0.793. The number of aromatic nitrogens is 2. The molecular weight excluding hydrogens is 222 g/mol. The monoisotopic (exact) mass is 237 g/mol. The number of nitrogens with zero attached hydrogens (tertiary/aromatic N) is 3. The van der Waals surface area contributed by atoms with Crippen LogP contribution in [0.4, 0.5) is 0 Å². The molecule has 6 heteroatoms. The third kappa shape index (κ3) is 2.64. The van der Waals surface area contributed by atoms with Gasteiger partial charge in [-0.1, -0.05) is 0 Å². The van der Waals surface area contributed by atoms with Crippen LogP contribution in [-0.2, 0) is 23.1 Å². The Kier molecular flexibility index (Phi) is 3.12. The summed E-state index contributed by atoms with van der Waals surface area (Å²) in [5.74, 6) is -1.52. The Morgan fingerprint density at radius 2 is 2.41 bits per heavy atom. The van der Waals surface area contributed by atoms with E-state index < -0.39 is 11.9 Å². The van der Waals surface area contributed by atoms with Crippen molar-refractivity contribution >= 4 is 11.9 Å². The Labute approximate surface area is 98.8 Å². The fourth-order valence-electron chi connectivity index (χ4n) is 2.00. The summed E-state index contributed by atoms with van der Waals surface area (Å²) in [6.45, 7) is 0.862. The first kappa shape index (κ1) is 11.6. The van der Waals surface area contributed by atoms with E-state index in [1.807, 2.05) is 19.3 Å². The van der Waals surface area contributed by atoms with Crippen LogP contribution in [0.3, 0.4) is 0 Å². The van der Waals surface area contributed by atoms with Crippen LogP contribution in [0.1, 0.15) is 12.1 Å². The lowest BCUT2D eigenvalue weighted by Gasteiger charge is -2.14. The second-order valence-electron chi connectivity index (χ2n) is 4.31. The van der Waals surface area contributed by atoms with E-state index in [1.165, 1.54) is 0 Å². The van der Waals surface area contributed by atoms with Crippen LogP contribution < -0.4 is 0 Å². The van der Waals surface area contributed by atoms with Gasteiger partial charge in [0, 0.05) is 39.2 Å². The summed E-state index contributed by atoms with van der Waals surface area (Å²) < 4.78 is 1.71. The summed E-state index contributed by atoms with van der Waals surface area (Å²) in [6, 6.07) is 1.90. The molecule has 1 aromatic heterocycles. The van der Waals surface area contributed by atoms with Gasteiger partial charge in [-0.2, -0.15) is 5.10 Å². The summed E-state index contributed by atoms with van der Waals surface area (Å²) in [6.07, 6.45) is 2.64. The second kappa shape index (κ2) is 4.57. The summed E-state index contributed by atoms with van der Waals surface area (Å²) >= 11 is 0. The molecule has 6 nitrogen and oxygen atoms in total. The molecule has 1 aromatic rings. The van der Waals surface area contributed by atoms with Gasteiger partial charge in [-0.3, -0.25) is 14.3 Å². The van der Waals surface area contributed by atoms with Crippen molar-refractivity contribution in [2.24, 2.45) is 13.0 Å². The number of carbonyl (C=O) groups excluding carboxylic acids is 1. The van der Waals surface area contributed by atoms with Crippen LogP contribution in [0, 0.1) is 5.92 Å². The fraction of sp³-hybridized carbons (Fsp3) is 0.545. The molecule has 0 spiro atoms. The first-order valence-corrected chi connectivity index (χ1v) is 5.55. The van der Waals surface area contributed by atoms with Crippen LogP contribution in [0.5, 0.6) is 0 Å². The second-order valence-corrected chi connectivity index (χ2v) is 4.31. The van der Waals surface area contributed by atoms with Crippen molar-refractivity contribution in [3.8, 4) is 0 Å². The van der Waals surface area contributed by atoms with Crippen LogP contribution >= 0.6 is 0 Å². The molecule has 2 rings (SSSR count). The maximum atomic E-state index is 11.6. The number of carboxylic acid groups (broad SMARTS) is 1. The van der Waals surface area contributed by atoms with E-state index in [-0.39, 0.29) is 12.3 Å². The highest BCUT2D eigenvalue weighted by molar-refractivity contribution is 5.86. The maximum Gasteiger partial charge on any atom is 0.308 e. The predicted octanol–water partition coefficient (Wildman–Crippen LogP) is -0.104. The molecule has 0 aromatic carbocycles. The van der Waals surface area contributed by atoms with E-state index in [4.69, 9.17) is 5.11 Å². The fourth-order valence-corrected chi connectivity index (χ4v) is 2.00. The molecule has 92 valence electrons. The van der Waals surface area contributed by atoms with Gasteiger partial charge in [0.05, 0.1) is 11.6 Å². The molecule has 1 unspecified atom stereocenters. The number of aryl methyl sites for hydroxylation is 1. The highest BCUT2D eigenvalue weighted by atomic mass is 16.4. The average Bonchev–Trinajstić information content (AvgIpc) is 2.82. The molecule has 1 N–H and O–H groups in total. The van der Waals surface area contributed by atoms with Crippen LogP contribution in [-0.4, -0.2) is 44.8 Å². The van der Waals surface area contributed by atoms with Gasteiger partial charge < -0.3 is 10.0 Å². The van der Waals surface area contributed by atoms with Crippen molar-refractivity contribution in [2.45, 2.75) is 12.8 Å². The molecule has 2 heterocycles. The van der Waals surface area contributed by atoms with E-state index in [0.29, 0.717) is 19.5 Å². The Bertz CT molecular complexity index is 441. The minimum Gasteiger partial charge on any atom is -0.481 e. The predicted molar refractivity (Wildman–Crippen MR) is 59.2 cm³/mol. The number of amides is 1. The van der Waals surface area contributed by atoms with Gasteiger partial charge in [0.1, 0.15) is 0 Å². The smallest absolute Gasteiger partial charge is 0.308 e. The molecule has 0 saturated carbocycles. The third-order valence-electron chi connectivity index (χ3n) is 2.97. The number of hydrogen-bond donors (Lipinski definition) is 1. The molecular formula is C11H15N3O3. The topological polar surface area (TPSA) is 75.4 Å². The van der Waals surface area contributed by atoms with Crippen molar-refractivity contribution in [1.82, 2.24) is 14.7 Å². The molecule has 1 amide bonds. The van der Waals surface area contributed by atoms with E-state index in [1.54, 1.807) is 9.58 Å². The summed E-state index contributed by atoms with van der Waals surface area (Å²) in [4.78, 5) is 23.9. The molecule has 1 atom stereocenters. The zero-order chi connectivity index (χ0) is 12.4. The minimum atomic E-state index is -0.890. The number of hydrogen-bond acceptors (Lipinski definition) is 3. The van der Waals surface area contributed by atoms with E-state index in [0.717, 1.165) is 5.69 Å². The first-order chi connectivity index (χ1) is 8.06. The Morgan fingerprint density at radius 3 is 2.94 bits per heavy atom. The summed E-state index contributed by atoms with van der Waals surface area (Å²) in [5.41, 5.74) is 0.916. The van der Waals surface area contributed by atoms with Crippen molar-refractivity contribution in [1.29, 1.82) is 0 Å². The van der Waals surface area contributed by atoms with E-state index in [9.17, 15) is 9.59 Å². The van der Waals surface area contributed by atoms with Gasteiger partial charge in [0.15, 0.2) is 0 Å². The largest absolute Gasteiger partial charge is 0.481 e. The van der Waals surface area contributed by atoms with Crippen molar-refractivity contribution < 1.29 is 14.7 Å². The van der Waals surface area contributed by atoms with E-state index >= 15 is 0 Å². The zero-order valence-corrected chi connectivity index (χ0v) is 9.67. The molecule has 0 aliphatic carbocycles. The van der Waals surface area contributed by atoms with Crippen molar-refractivity contribution in [3.63, 3.8) is 0 Å². The minimum absolute atomic E-state index is 0.0756. The SMILES string of the molecule is Cn1ccc(CCN2CC(C(=O)O)CC2=O)n1. The molecule has 1 fully saturated rings. The van der Waals surface area contributed by atoms with Crippen LogP contribution in [0.15, 0.2) is 12.3 Å². The average molecular weight is 237 g/mol.